The SMILES string of the molecule is COC[C@H]1CCCC[C@@H]1N.OC[C@H]1CCCC[C@@H]1N=CI. The molecule has 0 amide bonds. The molecule has 2 rings (SSSR count). The molecule has 0 unspecified atom stereocenters. The second kappa shape index (κ2) is 11.8. The van der Waals surface area contributed by atoms with Crippen molar-refractivity contribution in [1.82, 2.24) is 0 Å². The minimum absolute atomic E-state index is 0.304. The van der Waals surface area contributed by atoms with Gasteiger partial charge in [0.25, 0.3) is 0 Å². The summed E-state index contributed by atoms with van der Waals surface area (Å²) in [6, 6.07) is 0.791. The van der Waals surface area contributed by atoms with Gasteiger partial charge in [0.1, 0.15) is 0 Å². The molecule has 0 aromatic heterocycles. The third-order valence-electron chi connectivity index (χ3n) is 4.70. The quantitative estimate of drug-likeness (QED) is 0.553. The number of ether oxygens (including phenoxy) is 1. The Kier molecular flexibility index (Phi) is 10.9. The highest BCUT2D eigenvalue weighted by Crippen LogP contribution is 2.26. The summed E-state index contributed by atoms with van der Waals surface area (Å²) in [4.78, 5) is 4.34. The van der Waals surface area contributed by atoms with E-state index in [0.717, 1.165) is 19.4 Å². The van der Waals surface area contributed by atoms with Gasteiger partial charge in [-0.15, -0.1) is 0 Å². The average Bonchev–Trinajstić information content (AvgIpc) is 2.51. The lowest BCUT2D eigenvalue weighted by molar-refractivity contribution is 0.119. The molecule has 5 heteroatoms. The van der Waals surface area contributed by atoms with Gasteiger partial charge < -0.3 is 15.6 Å². The molecule has 0 radical (unpaired) electrons. The second-order valence-corrected chi connectivity index (χ2v) is 6.76. The van der Waals surface area contributed by atoms with Gasteiger partial charge in [-0.05, 0) is 54.2 Å². The minimum Gasteiger partial charge on any atom is -0.396 e. The maximum absolute atomic E-state index is 9.01. The number of hydrogen-bond donors (Lipinski definition) is 2. The van der Waals surface area contributed by atoms with Gasteiger partial charge in [0.15, 0.2) is 0 Å². The van der Waals surface area contributed by atoms with Crippen molar-refractivity contribution in [2.24, 2.45) is 22.6 Å². The molecule has 2 fully saturated rings. The molecular weight excluding hydrogens is 379 g/mol. The third kappa shape index (κ3) is 7.39. The van der Waals surface area contributed by atoms with Gasteiger partial charge >= 0.3 is 0 Å². The highest BCUT2D eigenvalue weighted by Gasteiger charge is 2.23. The van der Waals surface area contributed by atoms with Crippen LogP contribution in [0.2, 0.25) is 0 Å². The first-order valence-corrected chi connectivity index (χ1v) is 9.44. The van der Waals surface area contributed by atoms with Crippen molar-refractivity contribution in [3.05, 3.63) is 0 Å². The van der Waals surface area contributed by atoms with Gasteiger partial charge in [0.05, 0.1) is 16.9 Å². The Morgan fingerprint density at radius 1 is 1.14 bits per heavy atom. The zero-order valence-electron chi connectivity index (χ0n) is 13.2. The van der Waals surface area contributed by atoms with Gasteiger partial charge in [-0.25, -0.2) is 0 Å². The lowest BCUT2D eigenvalue weighted by atomic mass is 9.85. The molecular formula is C16H31IN2O2. The molecule has 0 aromatic carbocycles. The predicted molar refractivity (Wildman–Crippen MR) is 97.2 cm³/mol. The van der Waals surface area contributed by atoms with Crippen molar-refractivity contribution >= 4 is 26.8 Å². The highest BCUT2D eigenvalue weighted by molar-refractivity contribution is 14.1. The van der Waals surface area contributed by atoms with E-state index in [1.165, 1.54) is 38.5 Å². The van der Waals surface area contributed by atoms with Crippen molar-refractivity contribution in [2.45, 2.75) is 63.5 Å². The molecule has 0 aliphatic heterocycles. The standard InChI is InChI=1S/C8H14INO.C8H17NO/c9-6-10-8-4-2-1-3-7(8)5-11;1-10-6-7-4-2-3-5-8(7)9/h6-8,11H,1-5H2;7-8H,2-6,9H2,1H3/t2*7-,8+/m11/s1. The zero-order valence-corrected chi connectivity index (χ0v) is 15.4. The van der Waals surface area contributed by atoms with E-state index in [2.05, 4.69) is 27.6 Å². The second-order valence-electron chi connectivity index (χ2n) is 6.20. The number of nitrogens with two attached hydrogens (primary N) is 1. The van der Waals surface area contributed by atoms with Crippen LogP contribution in [0.25, 0.3) is 0 Å². The van der Waals surface area contributed by atoms with Crippen molar-refractivity contribution in [3.63, 3.8) is 0 Å². The zero-order chi connectivity index (χ0) is 15.5. The Bertz CT molecular complexity index is 287. The highest BCUT2D eigenvalue weighted by atomic mass is 127. The van der Waals surface area contributed by atoms with Gasteiger partial charge in [0.2, 0.25) is 0 Å². The Morgan fingerprint density at radius 3 is 2.33 bits per heavy atom. The first kappa shape index (κ1) is 19.3. The summed E-state index contributed by atoms with van der Waals surface area (Å²) in [7, 11) is 1.75. The molecule has 0 heterocycles. The topological polar surface area (TPSA) is 67.8 Å². The van der Waals surface area contributed by atoms with Crippen molar-refractivity contribution in [1.29, 1.82) is 0 Å². The Balaban J connectivity index is 0.000000211. The summed E-state index contributed by atoms with van der Waals surface area (Å²) in [5.41, 5.74) is 5.89. The number of rotatable bonds is 4. The van der Waals surface area contributed by atoms with E-state index in [-0.39, 0.29) is 0 Å². The number of aliphatic imine (C=N–C) groups is 1. The fourth-order valence-corrected chi connectivity index (χ4v) is 3.74. The number of aliphatic hydroxyl groups excluding tert-OH is 1. The molecule has 0 spiro atoms. The summed E-state index contributed by atoms with van der Waals surface area (Å²) in [6.07, 6.45) is 9.93. The molecule has 4 nitrogen and oxygen atoms in total. The van der Waals surface area contributed by atoms with Crippen LogP contribution in [0, 0.1) is 11.8 Å². The summed E-state index contributed by atoms with van der Waals surface area (Å²) in [5.74, 6) is 1.05. The van der Waals surface area contributed by atoms with Crippen molar-refractivity contribution < 1.29 is 9.84 Å². The molecule has 4 atom stereocenters. The van der Waals surface area contributed by atoms with Crippen LogP contribution >= 0.6 is 22.6 Å². The number of methoxy groups -OCH3 is 1. The van der Waals surface area contributed by atoms with E-state index in [1.807, 2.05) is 4.22 Å². The molecule has 2 saturated carbocycles. The fourth-order valence-electron chi connectivity index (χ4n) is 3.33. The first-order chi connectivity index (χ1) is 10.2. The van der Waals surface area contributed by atoms with Crippen LogP contribution in [0.3, 0.4) is 0 Å². The maximum atomic E-state index is 9.01. The van der Waals surface area contributed by atoms with Crippen LogP contribution in [0.5, 0.6) is 0 Å². The van der Waals surface area contributed by atoms with Gasteiger partial charge in [-0.3, -0.25) is 4.99 Å². The van der Waals surface area contributed by atoms with Crippen LogP contribution in [0.15, 0.2) is 4.99 Å². The molecule has 124 valence electrons. The molecule has 0 aromatic rings. The van der Waals surface area contributed by atoms with E-state index in [1.54, 1.807) is 7.11 Å². The van der Waals surface area contributed by atoms with E-state index in [9.17, 15) is 0 Å². The Hall–Kier alpha value is 0.280. The van der Waals surface area contributed by atoms with E-state index in [4.69, 9.17) is 15.6 Å². The van der Waals surface area contributed by atoms with Crippen LogP contribution in [0.4, 0.5) is 0 Å². The van der Waals surface area contributed by atoms with Crippen molar-refractivity contribution in [2.75, 3.05) is 20.3 Å². The molecule has 3 N–H and O–H groups in total. The number of halogens is 1. The molecule has 0 saturated heterocycles. The van der Waals surface area contributed by atoms with Gasteiger partial charge in [-0.1, -0.05) is 25.7 Å². The van der Waals surface area contributed by atoms with Crippen LogP contribution in [-0.4, -0.2) is 41.7 Å². The lowest BCUT2D eigenvalue weighted by Gasteiger charge is -2.27. The number of nitrogens with zero attached hydrogens (tertiary/aromatic N) is 1. The Morgan fingerprint density at radius 2 is 1.76 bits per heavy atom. The lowest BCUT2D eigenvalue weighted by Crippen LogP contribution is -2.35. The van der Waals surface area contributed by atoms with Crippen molar-refractivity contribution in [3.8, 4) is 0 Å². The molecule has 2 aliphatic carbocycles. The monoisotopic (exact) mass is 410 g/mol. The largest absolute Gasteiger partial charge is 0.396 e. The first-order valence-electron chi connectivity index (χ1n) is 8.20. The predicted octanol–water partition coefficient (Wildman–Crippen LogP) is 3.15. The summed E-state index contributed by atoms with van der Waals surface area (Å²) in [5, 5.41) is 9.01. The smallest absolute Gasteiger partial charge is 0.0599 e. The average molecular weight is 410 g/mol. The minimum atomic E-state index is 0.304. The third-order valence-corrected chi connectivity index (χ3v) is 5.02. The molecule has 2 aliphatic rings. The summed E-state index contributed by atoms with van der Waals surface area (Å²) >= 11 is 2.14. The van der Waals surface area contributed by atoms with E-state index in [0.29, 0.717) is 30.5 Å². The summed E-state index contributed by atoms with van der Waals surface area (Å²) < 4.78 is 6.90. The van der Waals surface area contributed by atoms with Gasteiger partial charge in [0, 0.05) is 25.7 Å². The van der Waals surface area contributed by atoms with Gasteiger partial charge in [-0.2, -0.15) is 0 Å². The van der Waals surface area contributed by atoms with E-state index < -0.39 is 0 Å². The maximum Gasteiger partial charge on any atom is 0.0599 e. The summed E-state index contributed by atoms with van der Waals surface area (Å²) in [6.45, 7) is 1.15. The number of hydrogen-bond acceptors (Lipinski definition) is 4. The molecule has 0 bridgehead atoms. The van der Waals surface area contributed by atoms with E-state index >= 15 is 0 Å². The Labute approximate surface area is 143 Å². The molecule has 21 heavy (non-hydrogen) atoms. The normalized spacial score (nSPS) is 33.5. The number of aliphatic hydroxyl groups is 1. The van der Waals surface area contributed by atoms with Crippen LogP contribution < -0.4 is 5.73 Å². The van der Waals surface area contributed by atoms with Crippen LogP contribution in [0.1, 0.15) is 51.4 Å². The van der Waals surface area contributed by atoms with Crippen LogP contribution in [-0.2, 0) is 4.74 Å². The fraction of sp³-hybridized carbons (Fsp3) is 0.938.